The van der Waals surface area contributed by atoms with Crippen molar-refractivity contribution in [3.8, 4) is 0 Å². The van der Waals surface area contributed by atoms with E-state index in [9.17, 15) is 19.2 Å². The van der Waals surface area contributed by atoms with Gasteiger partial charge in [0.2, 0.25) is 0 Å². The van der Waals surface area contributed by atoms with E-state index in [0.29, 0.717) is 12.8 Å². The predicted molar refractivity (Wildman–Crippen MR) is 131 cm³/mol. The fourth-order valence-electron chi connectivity index (χ4n) is 3.68. The molecule has 200 valence electrons. The number of carbonyl (C=O) groups is 4. The second kappa shape index (κ2) is 16.3. The number of unbranched alkanes of at least 4 members (excludes halogenated alkanes) is 6. The van der Waals surface area contributed by atoms with Gasteiger partial charge >= 0.3 is 23.9 Å². The molecule has 8 heteroatoms. The Morgan fingerprint density at radius 2 is 1.51 bits per heavy atom. The van der Waals surface area contributed by atoms with Crippen molar-refractivity contribution >= 4 is 23.9 Å². The number of methoxy groups -OCH3 is 1. The number of esters is 4. The molecule has 35 heavy (non-hydrogen) atoms. The first-order valence-corrected chi connectivity index (χ1v) is 13.0. The van der Waals surface area contributed by atoms with Crippen molar-refractivity contribution in [3.63, 3.8) is 0 Å². The van der Waals surface area contributed by atoms with Crippen molar-refractivity contribution in [1.82, 2.24) is 0 Å². The molecule has 0 N–H and O–H groups in total. The van der Waals surface area contributed by atoms with Crippen LogP contribution in [0.1, 0.15) is 98.8 Å². The first-order valence-electron chi connectivity index (χ1n) is 13.0. The lowest BCUT2D eigenvalue weighted by molar-refractivity contribution is -0.186. The van der Waals surface area contributed by atoms with Crippen molar-refractivity contribution < 1.29 is 38.1 Å². The van der Waals surface area contributed by atoms with Gasteiger partial charge in [-0.25, -0.2) is 4.79 Å². The third-order valence-corrected chi connectivity index (χ3v) is 6.18. The van der Waals surface area contributed by atoms with Crippen LogP contribution in [0.25, 0.3) is 0 Å². The molecule has 0 saturated carbocycles. The second-order valence-electron chi connectivity index (χ2n) is 9.55. The van der Waals surface area contributed by atoms with E-state index in [0.717, 1.165) is 19.3 Å². The first kappa shape index (κ1) is 30.7. The van der Waals surface area contributed by atoms with Crippen LogP contribution in [-0.4, -0.2) is 49.3 Å². The zero-order valence-corrected chi connectivity index (χ0v) is 22.3. The summed E-state index contributed by atoms with van der Waals surface area (Å²) in [5.41, 5.74) is 0.204. The summed E-state index contributed by atoms with van der Waals surface area (Å²) in [6.45, 7) is 9.13. The van der Waals surface area contributed by atoms with Gasteiger partial charge in [-0.15, -0.1) is 0 Å². The van der Waals surface area contributed by atoms with Crippen molar-refractivity contribution in [2.24, 2.45) is 11.8 Å². The summed E-state index contributed by atoms with van der Waals surface area (Å²) in [5, 5.41) is 0. The number of carbonyl (C=O) groups excluding carboxylic acids is 4. The molecule has 0 aromatic carbocycles. The fourth-order valence-corrected chi connectivity index (χ4v) is 3.68. The molecule has 0 amide bonds. The highest BCUT2D eigenvalue weighted by Crippen LogP contribution is 2.29. The topological polar surface area (TPSA) is 105 Å². The Balaban J connectivity index is 3.01. The summed E-state index contributed by atoms with van der Waals surface area (Å²) in [6, 6.07) is 0. The second-order valence-corrected chi connectivity index (χ2v) is 9.55. The van der Waals surface area contributed by atoms with Crippen LogP contribution < -0.4 is 0 Å². The van der Waals surface area contributed by atoms with Crippen molar-refractivity contribution in [1.29, 1.82) is 0 Å². The smallest absolute Gasteiger partial charge is 0.333 e. The Kier molecular flexibility index (Phi) is 14.3. The van der Waals surface area contributed by atoms with Gasteiger partial charge in [-0.1, -0.05) is 73.1 Å². The largest absolute Gasteiger partial charge is 0.466 e. The van der Waals surface area contributed by atoms with Crippen molar-refractivity contribution in [2.75, 3.05) is 7.11 Å². The lowest BCUT2D eigenvalue weighted by Crippen LogP contribution is -2.49. The summed E-state index contributed by atoms with van der Waals surface area (Å²) in [7, 11) is 1.24. The summed E-state index contributed by atoms with van der Waals surface area (Å²) >= 11 is 0. The Labute approximate surface area is 210 Å². The zero-order valence-electron chi connectivity index (χ0n) is 22.3. The molecule has 1 rings (SSSR count). The lowest BCUT2D eigenvalue weighted by Gasteiger charge is -2.35. The average molecular weight is 497 g/mol. The molecular formula is C27H44O8. The number of ether oxygens (including phenoxy) is 4. The van der Waals surface area contributed by atoms with Crippen LogP contribution in [0.15, 0.2) is 11.6 Å². The predicted octanol–water partition coefficient (Wildman–Crippen LogP) is 5.07. The molecule has 1 aliphatic rings. The highest BCUT2D eigenvalue weighted by atomic mass is 16.6. The molecule has 0 heterocycles. The van der Waals surface area contributed by atoms with Gasteiger partial charge in [0.1, 0.15) is 6.10 Å². The van der Waals surface area contributed by atoms with Gasteiger partial charge in [-0.3, -0.25) is 14.4 Å². The first-order chi connectivity index (χ1) is 16.6. The standard InChI is InChI=1S/C27H44O8/c1-7-9-10-11-12-13-14-15-23(28)35-24-21(33-25(29)18(3)4)16-20(27(31)32-6)17-22(24)34-26(30)19(5)8-2/h17-19,21-22,24H,7-16H2,1-6H3/t19-,21-,22-,24+/m1/s1. The van der Waals surface area contributed by atoms with E-state index in [1.54, 1.807) is 20.8 Å². The van der Waals surface area contributed by atoms with Crippen LogP contribution in [-0.2, 0) is 38.1 Å². The van der Waals surface area contributed by atoms with Gasteiger partial charge in [0.05, 0.1) is 18.9 Å². The van der Waals surface area contributed by atoms with Gasteiger partial charge < -0.3 is 18.9 Å². The minimum Gasteiger partial charge on any atom is -0.466 e. The Bertz CT molecular complexity index is 727. The molecule has 0 saturated heterocycles. The quantitative estimate of drug-likeness (QED) is 0.176. The van der Waals surface area contributed by atoms with Crippen LogP contribution in [0.3, 0.4) is 0 Å². The molecule has 0 radical (unpaired) electrons. The fraction of sp³-hybridized carbons (Fsp3) is 0.778. The minimum absolute atomic E-state index is 0.00209. The lowest BCUT2D eigenvalue weighted by atomic mass is 9.91. The van der Waals surface area contributed by atoms with Gasteiger partial charge in [0.15, 0.2) is 12.2 Å². The van der Waals surface area contributed by atoms with Crippen LogP contribution in [0.4, 0.5) is 0 Å². The Hall–Kier alpha value is -2.38. The normalized spacial score (nSPS) is 20.5. The van der Waals surface area contributed by atoms with Gasteiger partial charge in [-0.05, 0) is 18.9 Å². The highest BCUT2D eigenvalue weighted by Gasteiger charge is 2.43. The number of rotatable bonds is 15. The van der Waals surface area contributed by atoms with Gasteiger partial charge in [0, 0.05) is 18.4 Å². The van der Waals surface area contributed by atoms with E-state index in [4.69, 9.17) is 18.9 Å². The third-order valence-electron chi connectivity index (χ3n) is 6.18. The minimum atomic E-state index is -1.07. The summed E-state index contributed by atoms with van der Waals surface area (Å²) < 4.78 is 21.8. The molecule has 0 aromatic heterocycles. The monoisotopic (exact) mass is 496 g/mol. The summed E-state index contributed by atoms with van der Waals surface area (Å²) in [6.07, 6.45) is 6.56. The molecule has 0 aromatic rings. The molecule has 0 unspecified atom stereocenters. The SMILES string of the molecule is CCCCCCCCCC(=O)O[C@@H]1[C@H](OC(=O)[C@H](C)CC)C=C(C(=O)OC)C[C@H]1OC(=O)C(C)C. The average Bonchev–Trinajstić information content (AvgIpc) is 2.83. The Morgan fingerprint density at radius 3 is 2.09 bits per heavy atom. The molecule has 0 spiro atoms. The zero-order chi connectivity index (χ0) is 26.4. The Morgan fingerprint density at radius 1 is 0.886 bits per heavy atom. The van der Waals surface area contributed by atoms with Crippen molar-refractivity contribution in [3.05, 3.63) is 11.6 Å². The maximum absolute atomic E-state index is 12.7. The maximum atomic E-state index is 12.7. The van der Waals surface area contributed by atoms with Crippen LogP contribution in [0.2, 0.25) is 0 Å². The molecular weight excluding hydrogens is 452 g/mol. The molecule has 1 aliphatic carbocycles. The number of hydrogen-bond acceptors (Lipinski definition) is 8. The van der Waals surface area contributed by atoms with Crippen LogP contribution >= 0.6 is 0 Å². The third kappa shape index (κ3) is 10.8. The van der Waals surface area contributed by atoms with E-state index in [1.807, 2.05) is 6.92 Å². The maximum Gasteiger partial charge on any atom is 0.333 e. The van der Waals surface area contributed by atoms with E-state index in [1.165, 1.54) is 32.4 Å². The summed E-state index contributed by atoms with van der Waals surface area (Å²) in [4.78, 5) is 49.9. The number of hydrogen-bond donors (Lipinski definition) is 0. The molecule has 4 atom stereocenters. The van der Waals surface area contributed by atoms with Crippen molar-refractivity contribution in [2.45, 2.75) is 117 Å². The summed E-state index contributed by atoms with van der Waals surface area (Å²) in [5.74, 6) is -2.86. The van der Waals surface area contributed by atoms with E-state index in [-0.39, 0.29) is 24.3 Å². The molecule has 0 bridgehead atoms. The van der Waals surface area contributed by atoms with Crippen LogP contribution in [0.5, 0.6) is 0 Å². The van der Waals surface area contributed by atoms with E-state index in [2.05, 4.69) is 6.92 Å². The van der Waals surface area contributed by atoms with Crippen LogP contribution in [0, 0.1) is 11.8 Å². The van der Waals surface area contributed by atoms with E-state index < -0.39 is 48.1 Å². The molecule has 0 fully saturated rings. The van der Waals surface area contributed by atoms with Gasteiger partial charge in [0.25, 0.3) is 0 Å². The molecule has 8 nitrogen and oxygen atoms in total. The van der Waals surface area contributed by atoms with Gasteiger partial charge in [-0.2, -0.15) is 0 Å². The molecule has 0 aliphatic heterocycles. The highest BCUT2D eigenvalue weighted by molar-refractivity contribution is 5.89. The van der Waals surface area contributed by atoms with E-state index >= 15 is 0 Å².